The Labute approximate surface area is 87.7 Å². The molecule has 82 valence electrons. The van der Waals surface area contributed by atoms with Gasteiger partial charge in [0.1, 0.15) is 11.6 Å². The second-order valence-corrected chi connectivity index (χ2v) is 3.81. The van der Waals surface area contributed by atoms with Gasteiger partial charge in [-0.2, -0.15) is 0 Å². The molecule has 0 radical (unpaired) electrons. The van der Waals surface area contributed by atoms with Gasteiger partial charge in [0.15, 0.2) is 0 Å². The van der Waals surface area contributed by atoms with Crippen LogP contribution >= 0.6 is 0 Å². The number of rotatable bonds is 3. The summed E-state index contributed by atoms with van der Waals surface area (Å²) in [5.41, 5.74) is 0.391. The number of hydrogen-bond acceptors (Lipinski definition) is 2. The monoisotopic (exact) mass is 212 g/mol. The summed E-state index contributed by atoms with van der Waals surface area (Å²) in [7, 11) is 0. The fourth-order valence-electron chi connectivity index (χ4n) is 1.76. The fraction of sp³-hybridized carbons (Fsp3) is 0.455. The smallest absolute Gasteiger partial charge is 0.127 e. The molecule has 2 rings (SSSR count). The largest absolute Gasteiger partial charge is 0.315 e. The third-order valence-corrected chi connectivity index (χ3v) is 2.65. The quantitative estimate of drug-likeness (QED) is 0.791. The first-order valence-corrected chi connectivity index (χ1v) is 5.14. The number of nitrogens with one attached hydrogen (secondary N) is 2. The molecule has 1 aromatic carbocycles. The van der Waals surface area contributed by atoms with Crippen molar-refractivity contribution in [1.82, 2.24) is 10.6 Å². The van der Waals surface area contributed by atoms with Crippen molar-refractivity contribution in [1.29, 1.82) is 0 Å². The molecule has 1 aliphatic rings. The Balaban J connectivity index is 1.94. The van der Waals surface area contributed by atoms with Gasteiger partial charge < -0.3 is 10.6 Å². The predicted molar refractivity (Wildman–Crippen MR) is 54.5 cm³/mol. The van der Waals surface area contributed by atoms with E-state index in [1.54, 1.807) is 0 Å². The normalized spacial score (nSPS) is 20.8. The van der Waals surface area contributed by atoms with Crippen LogP contribution in [0.5, 0.6) is 0 Å². The molecule has 2 nitrogen and oxygen atoms in total. The summed E-state index contributed by atoms with van der Waals surface area (Å²) in [5, 5.41) is 6.40. The molecule has 1 unspecified atom stereocenters. The van der Waals surface area contributed by atoms with Crippen molar-refractivity contribution >= 4 is 0 Å². The first kappa shape index (κ1) is 10.5. The minimum Gasteiger partial charge on any atom is -0.315 e. The Morgan fingerprint density at radius 2 is 2.27 bits per heavy atom. The summed E-state index contributed by atoms with van der Waals surface area (Å²) < 4.78 is 26.1. The van der Waals surface area contributed by atoms with Gasteiger partial charge in [0.05, 0.1) is 0 Å². The van der Waals surface area contributed by atoms with Crippen molar-refractivity contribution in [3.63, 3.8) is 0 Å². The topological polar surface area (TPSA) is 24.1 Å². The molecule has 0 aliphatic carbocycles. The zero-order valence-electron chi connectivity index (χ0n) is 8.39. The van der Waals surface area contributed by atoms with Crippen LogP contribution in [-0.4, -0.2) is 19.1 Å². The zero-order chi connectivity index (χ0) is 10.7. The summed E-state index contributed by atoms with van der Waals surface area (Å²) in [6.07, 6.45) is 1.04. The average Bonchev–Trinajstić information content (AvgIpc) is 2.72. The Morgan fingerprint density at radius 3 is 3.00 bits per heavy atom. The molecule has 1 aromatic rings. The number of benzene rings is 1. The maximum atomic E-state index is 13.2. The van der Waals surface area contributed by atoms with Crippen molar-refractivity contribution in [3.05, 3.63) is 35.4 Å². The highest BCUT2D eigenvalue weighted by molar-refractivity contribution is 5.18. The van der Waals surface area contributed by atoms with Gasteiger partial charge >= 0.3 is 0 Å². The molecule has 0 aromatic heterocycles. The van der Waals surface area contributed by atoms with E-state index in [0.29, 0.717) is 18.2 Å². The SMILES string of the molecule is Fc1ccc(F)c(CNC2CCNC2)c1. The summed E-state index contributed by atoms with van der Waals surface area (Å²) in [5.74, 6) is -0.743. The highest BCUT2D eigenvalue weighted by Gasteiger charge is 2.14. The van der Waals surface area contributed by atoms with Crippen molar-refractivity contribution in [2.24, 2.45) is 0 Å². The molecule has 1 saturated heterocycles. The third-order valence-electron chi connectivity index (χ3n) is 2.65. The van der Waals surface area contributed by atoms with Crippen LogP contribution in [0.2, 0.25) is 0 Å². The van der Waals surface area contributed by atoms with Crippen LogP contribution in [0.15, 0.2) is 18.2 Å². The molecular formula is C11H14F2N2. The van der Waals surface area contributed by atoms with E-state index in [0.717, 1.165) is 25.6 Å². The van der Waals surface area contributed by atoms with Crippen molar-refractivity contribution in [2.75, 3.05) is 13.1 Å². The molecule has 0 spiro atoms. The highest BCUT2D eigenvalue weighted by Crippen LogP contribution is 2.10. The first-order valence-electron chi connectivity index (χ1n) is 5.14. The molecule has 0 saturated carbocycles. The molecule has 2 N–H and O–H groups in total. The minimum atomic E-state index is -0.391. The van der Waals surface area contributed by atoms with Gasteiger partial charge in [0, 0.05) is 24.7 Å². The Kier molecular flexibility index (Phi) is 3.28. The molecule has 0 bridgehead atoms. The van der Waals surface area contributed by atoms with E-state index in [-0.39, 0.29) is 5.82 Å². The van der Waals surface area contributed by atoms with Gasteiger partial charge in [-0.05, 0) is 31.2 Å². The van der Waals surface area contributed by atoms with E-state index in [4.69, 9.17) is 0 Å². The zero-order valence-corrected chi connectivity index (χ0v) is 8.39. The van der Waals surface area contributed by atoms with Crippen molar-refractivity contribution in [2.45, 2.75) is 19.0 Å². The van der Waals surface area contributed by atoms with Gasteiger partial charge in [-0.25, -0.2) is 8.78 Å². The van der Waals surface area contributed by atoms with Crippen LogP contribution in [-0.2, 0) is 6.54 Å². The molecule has 15 heavy (non-hydrogen) atoms. The van der Waals surface area contributed by atoms with Crippen LogP contribution in [0.1, 0.15) is 12.0 Å². The van der Waals surface area contributed by atoms with Gasteiger partial charge in [0.25, 0.3) is 0 Å². The van der Waals surface area contributed by atoms with Crippen LogP contribution in [0.3, 0.4) is 0 Å². The maximum absolute atomic E-state index is 13.2. The Bertz CT molecular complexity index is 335. The lowest BCUT2D eigenvalue weighted by Crippen LogP contribution is -2.30. The summed E-state index contributed by atoms with van der Waals surface area (Å²) in [4.78, 5) is 0. The first-order chi connectivity index (χ1) is 7.25. The minimum absolute atomic E-state index is 0.352. The van der Waals surface area contributed by atoms with E-state index in [9.17, 15) is 8.78 Å². The van der Waals surface area contributed by atoms with E-state index >= 15 is 0 Å². The second kappa shape index (κ2) is 4.68. The lowest BCUT2D eigenvalue weighted by Gasteiger charge is -2.11. The van der Waals surface area contributed by atoms with Crippen LogP contribution in [0.25, 0.3) is 0 Å². The Morgan fingerprint density at radius 1 is 1.40 bits per heavy atom. The molecule has 4 heteroatoms. The van der Waals surface area contributed by atoms with E-state index < -0.39 is 5.82 Å². The van der Waals surface area contributed by atoms with Crippen LogP contribution in [0.4, 0.5) is 8.78 Å². The predicted octanol–water partition coefficient (Wildman–Crippen LogP) is 1.42. The third kappa shape index (κ3) is 2.73. The van der Waals surface area contributed by atoms with Gasteiger partial charge in [-0.1, -0.05) is 0 Å². The second-order valence-electron chi connectivity index (χ2n) is 3.81. The van der Waals surface area contributed by atoms with Gasteiger partial charge in [0.2, 0.25) is 0 Å². The number of hydrogen-bond donors (Lipinski definition) is 2. The van der Waals surface area contributed by atoms with E-state index in [2.05, 4.69) is 10.6 Å². The van der Waals surface area contributed by atoms with Crippen molar-refractivity contribution in [3.8, 4) is 0 Å². The molecular weight excluding hydrogens is 198 g/mol. The summed E-state index contributed by atoms with van der Waals surface area (Å²) >= 11 is 0. The molecule has 1 aliphatic heterocycles. The van der Waals surface area contributed by atoms with E-state index in [1.807, 2.05) is 0 Å². The molecule has 1 heterocycles. The molecule has 1 atom stereocenters. The summed E-state index contributed by atoms with van der Waals surface area (Å²) in [6.45, 7) is 2.27. The average molecular weight is 212 g/mol. The van der Waals surface area contributed by atoms with E-state index in [1.165, 1.54) is 12.1 Å². The molecule has 1 fully saturated rings. The Hall–Kier alpha value is -1.00. The highest BCUT2D eigenvalue weighted by atomic mass is 19.1. The lowest BCUT2D eigenvalue weighted by atomic mass is 10.2. The van der Waals surface area contributed by atoms with Crippen LogP contribution < -0.4 is 10.6 Å². The molecule has 0 amide bonds. The van der Waals surface area contributed by atoms with Gasteiger partial charge in [-0.15, -0.1) is 0 Å². The van der Waals surface area contributed by atoms with Crippen LogP contribution in [0, 0.1) is 11.6 Å². The lowest BCUT2D eigenvalue weighted by molar-refractivity contribution is 0.521. The maximum Gasteiger partial charge on any atom is 0.127 e. The summed E-state index contributed by atoms with van der Waals surface area (Å²) in [6, 6.07) is 3.91. The number of halogens is 2. The fourth-order valence-corrected chi connectivity index (χ4v) is 1.76. The van der Waals surface area contributed by atoms with Gasteiger partial charge in [-0.3, -0.25) is 0 Å². The van der Waals surface area contributed by atoms with Crippen molar-refractivity contribution < 1.29 is 8.78 Å². The standard InChI is InChI=1S/C11H14F2N2/c12-9-1-2-11(13)8(5-9)6-15-10-3-4-14-7-10/h1-2,5,10,14-15H,3-4,6-7H2.